The Labute approximate surface area is 180 Å². The van der Waals surface area contributed by atoms with Crippen LogP contribution in [-0.2, 0) is 11.0 Å². The van der Waals surface area contributed by atoms with E-state index in [9.17, 15) is 18.0 Å². The quantitative estimate of drug-likeness (QED) is 0.464. The minimum absolute atomic E-state index is 0.0204. The second kappa shape index (κ2) is 11.9. The number of carbonyl (C=O) groups is 1. The number of rotatable bonds is 11. The highest BCUT2D eigenvalue weighted by atomic mass is 19.4. The molecule has 1 amide bonds. The summed E-state index contributed by atoms with van der Waals surface area (Å²) in [5, 5.41) is 5.88. The maximum atomic E-state index is 12.9. The van der Waals surface area contributed by atoms with Crippen molar-refractivity contribution in [3.05, 3.63) is 66.4 Å². The lowest BCUT2D eigenvalue weighted by Gasteiger charge is -2.19. The van der Waals surface area contributed by atoms with Gasteiger partial charge in [-0.25, -0.2) is 0 Å². The number of methoxy groups -OCH3 is 1. The van der Waals surface area contributed by atoms with Crippen molar-refractivity contribution in [1.82, 2.24) is 5.32 Å². The van der Waals surface area contributed by atoms with E-state index >= 15 is 0 Å². The van der Waals surface area contributed by atoms with Crippen molar-refractivity contribution in [2.24, 2.45) is 0 Å². The molecule has 0 fully saturated rings. The number of ether oxygens (including phenoxy) is 2. The van der Waals surface area contributed by atoms with Crippen molar-refractivity contribution in [2.75, 3.05) is 19.0 Å². The molecular formula is C23H27F3N2O3. The molecule has 5 nitrogen and oxygen atoms in total. The first kappa shape index (κ1) is 24.1. The van der Waals surface area contributed by atoms with E-state index in [1.165, 1.54) is 12.1 Å². The molecule has 0 aliphatic carbocycles. The molecule has 8 heteroatoms. The summed E-state index contributed by atoms with van der Waals surface area (Å²) in [6.45, 7) is 2.26. The van der Waals surface area contributed by atoms with Crippen LogP contribution >= 0.6 is 0 Å². The predicted molar refractivity (Wildman–Crippen MR) is 114 cm³/mol. The largest absolute Gasteiger partial charge is 0.497 e. The van der Waals surface area contributed by atoms with Crippen molar-refractivity contribution in [1.29, 1.82) is 0 Å². The third kappa shape index (κ3) is 8.24. The number of carbonyl (C=O) groups excluding carboxylic acids is 1. The van der Waals surface area contributed by atoms with Crippen molar-refractivity contribution >= 4 is 11.6 Å². The zero-order valence-electron chi connectivity index (χ0n) is 17.5. The van der Waals surface area contributed by atoms with Crippen LogP contribution in [0.25, 0.3) is 0 Å². The standard InChI is InChI=1S/C23H27F3N2O3/c1-3-7-21(31-20-9-6-8-17(16-20)23(24,25)26)22(29)28-15-5-4-14-27-18-10-12-19(30-2)13-11-18/h4,6,8-14,16,21,27H,3,5,7,15H2,1-2H3,(H,28,29)/b14-4+. The van der Waals surface area contributed by atoms with Gasteiger partial charge >= 0.3 is 6.18 Å². The molecule has 168 valence electrons. The fourth-order valence-corrected chi connectivity index (χ4v) is 2.73. The molecule has 1 atom stereocenters. The fraction of sp³-hybridized carbons (Fsp3) is 0.348. The number of halogens is 3. The van der Waals surface area contributed by atoms with Gasteiger partial charge in [-0.05, 0) is 61.5 Å². The molecule has 2 N–H and O–H groups in total. The van der Waals surface area contributed by atoms with Crippen molar-refractivity contribution < 1.29 is 27.4 Å². The van der Waals surface area contributed by atoms with Crippen LogP contribution < -0.4 is 20.1 Å². The highest BCUT2D eigenvalue weighted by Crippen LogP contribution is 2.31. The van der Waals surface area contributed by atoms with Gasteiger partial charge < -0.3 is 20.1 Å². The van der Waals surface area contributed by atoms with Gasteiger partial charge in [0.1, 0.15) is 11.5 Å². The first-order valence-corrected chi connectivity index (χ1v) is 10.0. The van der Waals surface area contributed by atoms with Gasteiger partial charge in [0.25, 0.3) is 5.91 Å². The van der Waals surface area contributed by atoms with Crippen LogP contribution in [0.5, 0.6) is 11.5 Å². The Balaban J connectivity index is 1.81. The normalized spacial score (nSPS) is 12.4. The van der Waals surface area contributed by atoms with E-state index in [0.717, 1.165) is 23.6 Å². The second-order valence-corrected chi connectivity index (χ2v) is 6.78. The number of hydrogen-bond donors (Lipinski definition) is 2. The molecule has 0 saturated carbocycles. The molecule has 0 aliphatic heterocycles. The summed E-state index contributed by atoms with van der Waals surface area (Å²) >= 11 is 0. The lowest BCUT2D eigenvalue weighted by atomic mass is 10.1. The zero-order valence-corrected chi connectivity index (χ0v) is 17.5. The average Bonchev–Trinajstić information content (AvgIpc) is 2.75. The van der Waals surface area contributed by atoms with Gasteiger partial charge in [0, 0.05) is 12.2 Å². The maximum Gasteiger partial charge on any atom is 0.416 e. The van der Waals surface area contributed by atoms with E-state index in [4.69, 9.17) is 9.47 Å². The minimum atomic E-state index is -4.46. The van der Waals surface area contributed by atoms with Gasteiger partial charge in [0.2, 0.25) is 0 Å². The van der Waals surface area contributed by atoms with Crippen molar-refractivity contribution in [2.45, 2.75) is 38.5 Å². The van der Waals surface area contributed by atoms with Crippen LogP contribution in [0.3, 0.4) is 0 Å². The number of benzene rings is 2. The molecule has 0 spiro atoms. The van der Waals surface area contributed by atoms with Crippen molar-refractivity contribution in [3.8, 4) is 11.5 Å². The first-order chi connectivity index (χ1) is 14.8. The first-order valence-electron chi connectivity index (χ1n) is 10.0. The summed E-state index contributed by atoms with van der Waals surface area (Å²) in [6.07, 6.45) is -0.0378. The zero-order chi connectivity index (χ0) is 22.7. The van der Waals surface area contributed by atoms with Crippen LogP contribution in [0.15, 0.2) is 60.8 Å². The smallest absolute Gasteiger partial charge is 0.416 e. The second-order valence-electron chi connectivity index (χ2n) is 6.78. The van der Waals surface area contributed by atoms with Gasteiger partial charge in [-0.2, -0.15) is 13.2 Å². The molecule has 0 heterocycles. The Morgan fingerprint density at radius 2 is 1.87 bits per heavy atom. The topological polar surface area (TPSA) is 59.6 Å². The van der Waals surface area contributed by atoms with E-state index in [1.807, 2.05) is 37.3 Å². The molecule has 1 unspecified atom stereocenters. The molecule has 31 heavy (non-hydrogen) atoms. The van der Waals surface area contributed by atoms with Crippen LogP contribution in [-0.4, -0.2) is 25.7 Å². The summed E-state index contributed by atoms with van der Waals surface area (Å²) in [4.78, 5) is 12.4. The van der Waals surface area contributed by atoms with Crippen LogP contribution in [0.1, 0.15) is 31.7 Å². The van der Waals surface area contributed by atoms with Gasteiger partial charge in [0.15, 0.2) is 6.10 Å². The van der Waals surface area contributed by atoms with Crippen LogP contribution in [0, 0.1) is 0 Å². The minimum Gasteiger partial charge on any atom is -0.497 e. The lowest BCUT2D eigenvalue weighted by Crippen LogP contribution is -2.38. The molecule has 0 saturated heterocycles. The lowest BCUT2D eigenvalue weighted by molar-refractivity contribution is -0.137. The van der Waals surface area contributed by atoms with E-state index < -0.39 is 17.8 Å². The molecule has 2 rings (SSSR count). The summed E-state index contributed by atoms with van der Waals surface area (Å²) in [5.41, 5.74) is 0.0914. The summed E-state index contributed by atoms with van der Waals surface area (Å²) < 4.78 is 49.3. The molecule has 0 aromatic heterocycles. The highest BCUT2D eigenvalue weighted by Gasteiger charge is 2.31. The molecule has 2 aromatic carbocycles. The van der Waals surface area contributed by atoms with Crippen molar-refractivity contribution in [3.63, 3.8) is 0 Å². The summed E-state index contributed by atoms with van der Waals surface area (Å²) in [5.74, 6) is 0.439. The van der Waals surface area contributed by atoms with Crippen LogP contribution in [0.2, 0.25) is 0 Å². The number of amides is 1. The van der Waals surface area contributed by atoms with Crippen LogP contribution in [0.4, 0.5) is 18.9 Å². The Kier molecular flexibility index (Phi) is 9.24. The van der Waals surface area contributed by atoms with E-state index in [2.05, 4.69) is 10.6 Å². The summed E-state index contributed by atoms with van der Waals surface area (Å²) in [6, 6.07) is 12.0. The van der Waals surface area contributed by atoms with Gasteiger partial charge in [-0.15, -0.1) is 0 Å². The Morgan fingerprint density at radius 3 is 2.52 bits per heavy atom. The monoisotopic (exact) mass is 436 g/mol. The predicted octanol–water partition coefficient (Wildman–Crippen LogP) is 5.39. The number of nitrogens with one attached hydrogen (secondary N) is 2. The SMILES string of the molecule is CCCC(Oc1cccc(C(F)(F)F)c1)C(=O)NCC/C=C/Nc1ccc(OC)cc1. The molecule has 0 radical (unpaired) electrons. The number of alkyl halides is 3. The van der Waals surface area contributed by atoms with Gasteiger partial charge in [-0.1, -0.05) is 25.5 Å². The number of hydrogen-bond acceptors (Lipinski definition) is 4. The average molecular weight is 436 g/mol. The van der Waals surface area contributed by atoms with E-state index in [-0.39, 0.29) is 11.7 Å². The Hall–Kier alpha value is -3.16. The Morgan fingerprint density at radius 1 is 1.13 bits per heavy atom. The third-order valence-electron chi connectivity index (χ3n) is 4.35. The fourth-order valence-electron chi connectivity index (χ4n) is 2.73. The molecule has 2 aromatic rings. The van der Waals surface area contributed by atoms with E-state index in [1.54, 1.807) is 13.3 Å². The van der Waals surface area contributed by atoms with Gasteiger partial charge in [-0.3, -0.25) is 4.79 Å². The highest BCUT2D eigenvalue weighted by molar-refractivity contribution is 5.81. The number of anilines is 1. The molecule has 0 bridgehead atoms. The van der Waals surface area contributed by atoms with E-state index in [0.29, 0.717) is 25.8 Å². The Bertz CT molecular complexity index is 852. The maximum absolute atomic E-state index is 12.9. The van der Waals surface area contributed by atoms with Gasteiger partial charge in [0.05, 0.1) is 12.7 Å². The summed E-state index contributed by atoms with van der Waals surface area (Å²) in [7, 11) is 1.60. The molecule has 0 aliphatic rings. The third-order valence-corrected chi connectivity index (χ3v) is 4.35. The molecular weight excluding hydrogens is 409 g/mol.